The van der Waals surface area contributed by atoms with Gasteiger partial charge in [-0.05, 0) is 55.2 Å². The van der Waals surface area contributed by atoms with Crippen molar-refractivity contribution in [3.63, 3.8) is 0 Å². The quantitative estimate of drug-likeness (QED) is 0.535. The highest BCUT2D eigenvalue weighted by atomic mass is 19.1. The van der Waals surface area contributed by atoms with Crippen molar-refractivity contribution >= 4 is 17.6 Å². The van der Waals surface area contributed by atoms with E-state index >= 15 is 0 Å². The van der Waals surface area contributed by atoms with Crippen LogP contribution in [0.2, 0.25) is 0 Å². The first-order chi connectivity index (χ1) is 15.3. The fraction of sp³-hybridized carbons (Fsp3) is 0.304. The molecule has 0 radical (unpaired) electrons. The monoisotopic (exact) mass is 441 g/mol. The van der Waals surface area contributed by atoms with Crippen LogP contribution >= 0.6 is 0 Å². The van der Waals surface area contributed by atoms with Gasteiger partial charge in [0, 0.05) is 11.3 Å². The van der Waals surface area contributed by atoms with E-state index in [0.717, 1.165) is 16.7 Å². The van der Waals surface area contributed by atoms with Gasteiger partial charge in [-0.3, -0.25) is 9.59 Å². The molecule has 2 aromatic carbocycles. The third-order valence-corrected chi connectivity index (χ3v) is 5.02. The van der Waals surface area contributed by atoms with Crippen LogP contribution in [-0.2, 0) is 20.9 Å². The summed E-state index contributed by atoms with van der Waals surface area (Å²) in [4.78, 5) is 36.8. The topological polar surface area (TPSA) is 103 Å². The van der Waals surface area contributed by atoms with E-state index in [1.165, 1.54) is 31.2 Å². The van der Waals surface area contributed by atoms with Gasteiger partial charge in [-0.2, -0.15) is 4.68 Å². The van der Waals surface area contributed by atoms with Crippen LogP contribution in [0.3, 0.4) is 0 Å². The van der Waals surface area contributed by atoms with E-state index in [-0.39, 0.29) is 11.8 Å². The number of halogens is 1. The second-order valence-electron chi connectivity index (χ2n) is 7.36. The molecule has 0 aliphatic carbocycles. The lowest BCUT2D eigenvalue weighted by molar-refractivity contribution is -0.154. The van der Waals surface area contributed by atoms with Gasteiger partial charge in [-0.15, -0.1) is 5.10 Å². The number of aromatic nitrogens is 2. The Hall–Kier alpha value is -3.75. The minimum absolute atomic E-state index is 0.0600. The number of esters is 1. The van der Waals surface area contributed by atoms with Gasteiger partial charge in [0.1, 0.15) is 12.4 Å². The Labute approximate surface area is 184 Å². The lowest BCUT2D eigenvalue weighted by Gasteiger charge is -2.18. The molecule has 1 heterocycles. The number of carbonyl (C=O) groups is 2. The van der Waals surface area contributed by atoms with E-state index in [0.29, 0.717) is 11.3 Å². The molecule has 0 saturated heterocycles. The van der Waals surface area contributed by atoms with Crippen molar-refractivity contribution in [2.75, 3.05) is 5.32 Å². The summed E-state index contributed by atoms with van der Waals surface area (Å²) in [7, 11) is 0. The second kappa shape index (κ2) is 10.0. The van der Waals surface area contributed by atoms with E-state index in [1.807, 2.05) is 18.2 Å². The van der Waals surface area contributed by atoms with Crippen molar-refractivity contribution in [1.29, 1.82) is 0 Å². The number of nitrogens with one attached hydrogen (secondary N) is 1. The van der Waals surface area contributed by atoms with E-state index in [9.17, 15) is 18.8 Å². The summed E-state index contributed by atoms with van der Waals surface area (Å²) in [6, 6.07) is 12.6. The molecule has 168 valence electrons. The molecule has 0 fully saturated rings. The molecule has 3 rings (SSSR count). The van der Waals surface area contributed by atoms with Crippen LogP contribution in [0, 0.1) is 5.82 Å². The van der Waals surface area contributed by atoms with Crippen LogP contribution in [0.1, 0.15) is 38.7 Å². The highest BCUT2D eigenvalue weighted by Gasteiger charge is 2.21. The van der Waals surface area contributed by atoms with Crippen molar-refractivity contribution in [3.8, 4) is 11.5 Å². The zero-order valence-electron chi connectivity index (χ0n) is 18.0. The Morgan fingerprint density at radius 3 is 2.53 bits per heavy atom. The van der Waals surface area contributed by atoms with Crippen LogP contribution in [0.25, 0.3) is 11.5 Å². The maximum Gasteiger partial charge on any atom is 0.437 e. The molecule has 0 saturated carbocycles. The molecule has 9 heteroatoms. The fourth-order valence-electron chi connectivity index (χ4n) is 3.02. The third-order valence-electron chi connectivity index (χ3n) is 5.02. The summed E-state index contributed by atoms with van der Waals surface area (Å²) in [5, 5.41) is 6.71. The van der Waals surface area contributed by atoms with Crippen molar-refractivity contribution in [1.82, 2.24) is 9.78 Å². The van der Waals surface area contributed by atoms with Gasteiger partial charge in [0.15, 0.2) is 6.10 Å². The van der Waals surface area contributed by atoms with Crippen molar-refractivity contribution in [3.05, 3.63) is 70.5 Å². The minimum atomic E-state index is -1.09. The molecule has 2 unspecified atom stereocenters. The largest absolute Gasteiger partial charge is 0.451 e. The van der Waals surface area contributed by atoms with Gasteiger partial charge in [0.25, 0.3) is 5.91 Å². The van der Waals surface area contributed by atoms with Gasteiger partial charge in [-0.1, -0.05) is 32.0 Å². The molecule has 2 atom stereocenters. The van der Waals surface area contributed by atoms with Crippen molar-refractivity contribution in [2.45, 2.75) is 45.8 Å². The van der Waals surface area contributed by atoms with Crippen LogP contribution < -0.4 is 11.1 Å². The lowest BCUT2D eigenvalue weighted by Crippen LogP contribution is -2.32. The Morgan fingerprint density at radius 2 is 1.84 bits per heavy atom. The Bertz CT molecular complexity index is 1150. The summed E-state index contributed by atoms with van der Waals surface area (Å²) in [6.07, 6.45) is -0.185. The zero-order valence-corrected chi connectivity index (χ0v) is 18.0. The molecule has 8 nitrogen and oxygen atoms in total. The molecular weight excluding hydrogens is 417 g/mol. The molecule has 3 aromatic rings. The summed E-state index contributed by atoms with van der Waals surface area (Å²) in [6.45, 7) is 5.02. The highest BCUT2D eigenvalue weighted by Crippen LogP contribution is 2.26. The molecule has 1 aromatic heterocycles. The lowest BCUT2D eigenvalue weighted by atomic mass is 9.97. The van der Waals surface area contributed by atoms with Crippen molar-refractivity contribution in [2.24, 2.45) is 0 Å². The number of rotatable bonds is 8. The number of para-hydroxylation sites is 1. The molecular formula is C23H24FN3O5. The van der Waals surface area contributed by atoms with Crippen LogP contribution in [0.15, 0.2) is 57.7 Å². The number of nitrogens with zero attached hydrogens (tertiary/aromatic N) is 2. The van der Waals surface area contributed by atoms with Crippen molar-refractivity contribution < 1.29 is 23.1 Å². The van der Waals surface area contributed by atoms with E-state index in [4.69, 9.17) is 9.15 Å². The minimum Gasteiger partial charge on any atom is -0.451 e. The van der Waals surface area contributed by atoms with Crippen LogP contribution in [-0.4, -0.2) is 27.8 Å². The first kappa shape index (κ1) is 22.9. The molecule has 0 aliphatic rings. The average molecular weight is 441 g/mol. The second-order valence-corrected chi connectivity index (χ2v) is 7.36. The normalized spacial score (nSPS) is 12.8. The third kappa shape index (κ3) is 5.48. The number of benzene rings is 2. The summed E-state index contributed by atoms with van der Waals surface area (Å²) in [5.74, 6) is -2.45. The van der Waals surface area contributed by atoms with Gasteiger partial charge in [0.2, 0.25) is 5.89 Å². The van der Waals surface area contributed by atoms with Gasteiger partial charge >= 0.3 is 11.7 Å². The Kier molecular flexibility index (Phi) is 7.19. The Morgan fingerprint density at radius 1 is 1.16 bits per heavy atom. The first-order valence-electron chi connectivity index (χ1n) is 10.2. The molecule has 1 N–H and O–H groups in total. The molecule has 0 spiro atoms. The standard InChI is InChI=1S/C23H24FN3O5/c1-4-14(2)18-7-5-6-8-19(18)25-21(29)15(3)31-20(28)13-27-23(30)32-22(26-27)16-9-11-17(24)12-10-16/h5-12,14-15H,4,13H2,1-3H3,(H,25,29). The number of amides is 1. The van der Waals surface area contributed by atoms with Gasteiger partial charge in [0.05, 0.1) is 0 Å². The number of ether oxygens (including phenoxy) is 1. The zero-order chi connectivity index (χ0) is 23.3. The van der Waals surface area contributed by atoms with Crippen LogP contribution in [0.4, 0.5) is 10.1 Å². The van der Waals surface area contributed by atoms with E-state index in [1.54, 1.807) is 6.07 Å². The fourth-order valence-corrected chi connectivity index (χ4v) is 3.02. The van der Waals surface area contributed by atoms with Gasteiger partial charge in [-0.25, -0.2) is 9.18 Å². The maximum absolute atomic E-state index is 13.1. The summed E-state index contributed by atoms with van der Waals surface area (Å²) >= 11 is 0. The predicted octanol–water partition coefficient (Wildman–Crippen LogP) is 3.73. The average Bonchev–Trinajstić information content (AvgIpc) is 3.13. The molecule has 1 amide bonds. The van der Waals surface area contributed by atoms with E-state index < -0.39 is 36.1 Å². The molecule has 0 bridgehead atoms. The highest BCUT2D eigenvalue weighted by molar-refractivity contribution is 5.95. The summed E-state index contributed by atoms with van der Waals surface area (Å²) < 4.78 is 24.0. The molecule has 0 aliphatic heterocycles. The molecule has 32 heavy (non-hydrogen) atoms. The maximum atomic E-state index is 13.1. The number of hydrogen-bond donors (Lipinski definition) is 1. The number of anilines is 1. The summed E-state index contributed by atoms with van der Waals surface area (Å²) in [5.41, 5.74) is 2.03. The predicted molar refractivity (Wildman–Crippen MR) is 115 cm³/mol. The SMILES string of the molecule is CCC(C)c1ccccc1NC(=O)C(C)OC(=O)Cn1nc(-c2ccc(F)cc2)oc1=O. The van der Waals surface area contributed by atoms with Crippen LogP contribution in [0.5, 0.6) is 0 Å². The number of hydrogen-bond acceptors (Lipinski definition) is 6. The van der Waals surface area contributed by atoms with Gasteiger partial charge < -0.3 is 14.5 Å². The smallest absolute Gasteiger partial charge is 0.437 e. The first-order valence-corrected chi connectivity index (χ1v) is 10.2. The number of carbonyl (C=O) groups excluding carboxylic acids is 2. The Balaban J connectivity index is 1.62. The van der Waals surface area contributed by atoms with E-state index in [2.05, 4.69) is 24.3 Å².